The van der Waals surface area contributed by atoms with Crippen molar-refractivity contribution in [3.05, 3.63) is 48.0 Å². The van der Waals surface area contributed by atoms with Gasteiger partial charge in [0.05, 0.1) is 12.0 Å². The first-order valence-corrected chi connectivity index (χ1v) is 10.0. The molecule has 1 heterocycles. The third-order valence-electron chi connectivity index (χ3n) is 4.35. The summed E-state index contributed by atoms with van der Waals surface area (Å²) in [6.45, 7) is 2.70. The molecule has 0 aliphatic carbocycles. The van der Waals surface area contributed by atoms with E-state index in [1.165, 1.54) is 19.2 Å². The number of hydrogen-bond donors (Lipinski definition) is 1. The van der Waals surface area contributed by atoms with Gasteiger partial charge in [0.1, 0.15) is 5.75 Å². The predicted molar refractivity (Wildman–Crippen MR) is 101 cm³/mol. The van der Waals surface area contributed by atoms with Crippen molar-refractivity contribution in [1.29, 1.82) is 0 Å². The van der Waals surface area contributed by atoms with Gasteiger partial charge in [0.15, 0.2) is 0 Å². The molecule has 0 saturated heterocycles. The van der Waals surface area contributed by atoms with E-state index in [0.717, 1.165) is 17.7 Å². The molecule has 2 aromatic carbocycles. The van der Waals surface area contributed by atoms with Crippen LogP contribution in [0.15, 0.2) is 47.4 Å². The summed E-state index contributed by atoms with van der Waals surface area (Å²) in [5, 5.41) is 0. The molecule has 0 spiro atoms. The summed E-state index contributed by atoms with van der Waals surface area (Å²) in [7, 11) is -2.16. The lowest BCUT2D eigenvalue weighted by Crippen LogP contribution is -2.35. The Kier molecular flexibility index (Phi) is 5.18. The van der Waals surface area contributed by atoms with Crippen molar-refractivity contribution in [3.63, 3.8) is 0 Å². The van der Waals surface area contributed by atoms with Crippen LogP contribution in [0.5, 0.6) is 5.75 Å². The number of amides is 1. The molecule has 1 aliphatic rings. The maximum atomic E-state index is 12.6. The summed E-state index contributed by atoms with van der Waals surface area (Å²) in [6, 6.07) is 11.5. The Bertz CT molecular complexity index is 908. The Morgan fingerprint density at radius 1 is 1.12 bits per heavy atom. The highest BCUT2D eigenvalue weighted by molar-refractivity contribution is 7.92. The van der Waals surface area contributed by atoms with Crippen molar-refractivity contribution in [2.75, 3.05) is 23.3 Å². The van der Waals surface area contributed by atoms with Crippen molar-refractivity contribution in [3.8, 4) is 5.75 Å². The first-order valence-electron chi connectivity index (χ1n) is 8.55. The van der Waals surface area contributed by atoms with Gasteiger partial charge in [0, 0.05) is 24.3 Å². The Morgan fingerprint density at radius 3 is 2.50 bits per heavy atom. The van der Waals surface area contributed by atoms with Crippen LogP contribution in [-0.4, -0.2) is 28.0 Å². The molecule has 7 heteroatoms. The van der Waals surface area contributed by atoms with Crippen LogP contribution >= 0.6 is 0 Å². The second kappa shape index (κ2) is 7.37. The zero-order chi connectivity index (χ0) is 18.7. The number of nitrogens with one attached hydrogen (secondary N) is 1. The molecule has 0 atom stereocenters. The summed E-state index contributed by atoms with van der Waals surface area (Å²) >= 11 is 0. The van der Waals surface area contributed by atoms with E-state index in [1.807, 2.05) is 19.1 Å². The SMILES string of the molecule is CCCN1C(=O)CCc2cc(NS(=O)(=O)c3ccc(OC)cc3)ccc21. The van der Waals surface area contributed by atoms with E-state index in [-0.39, 0.29) is 10.8 Å². The Labute approximate surface area is 153 Å². The summed E-state index contributed by atoms with van der Waals surface area (Å²) in [5.41, 5.74) is 2.34. The summed E-state index contributed by atoms with van der Waals surface area (Å²) < 4.78 is 32.8. The number of aryl methyl sites for hydroxylation is 1. The fourth-order valence-electron chi connectivity index (χ4n) is 3.06. The van der Waals surface area contributed by atoms with Crippen molar-refractivity contribution >= 4 is 27.3 Å². The molecule has 138 valence electrons. The minimum atomic E-state index is -3.69. The number of nitrogens with zero attached hydrogens (tertiary/aromatic N) is 1. The minimum absolute atomic E-state index is 0.117. The second-order valence-corrected chi connectivity index (χ2v) is 7.85. The molecule has 1 amide bonds. The lowest BCUT2D eigenvalue weighted by molar-refractivity contribution is -0.118. The zero-order valence-electron chi connectivity index (χ0n) is 14.9. The van der Waals surface area contributed by atoms with Gasteiger partial charge in [-0.15, -0.1) is 0 Å². The highest BCUT2D eigenvalue weighted by Gasteiger charge is 2.24. The lowest BCUT2D eigenvalue weighted by atomic mass is 10.0. The molecule has 0 unspecified atom stereocenters. The van der Waals surface area contributed by atoms with E-state index in [4.69, 9.17) is 4.74 Å². The molecule has 26 heavy (non-hydrogen) atoms. The fraction of sp³-hybridized carbons (Fsp3) is 0.316. The number of anilines is 2. The third-order valence-corrected chi connectivity index (χ3v) is 5.75. The number of hydrogen-bond acceptors (Lipinski definition) is 4. The minimum Gasteiger partial charge on any atom is -0.497 e. The van der Waals surface area contributed by atoms with Gasteiger partial charge in [-0.25, -0.2) is 8.42 Å². The molecule has 0 radical (unpaired) electrons. The molecule has 0 bridgehead atoms. The molecule has 1 aliphatic heterocycles. The largest absolute Gasteiger partial charge is 0.497 e. The Hall–Kier alpha value is -2.54. The first kappa shape index (κ1) is 18.3. The van der Waals surface area contributed by atoms with E-state index in [2.05, 4.69) is 4.72 Å². The smallest absolute Gasteiger partial charge is 0.261 e. The number of sulfonamides is 1. The number of ether oxygens (including phenoxy) is 1. The van der Waals surface area contributed by atoms with E-state index in [9.17, 15) is 13.2 Å². The van der Waals surface area contributed by atoms with Crippen LogP contribution in [0, 0.1) is 0 Å². The van der Waals surface area contributed by atoms with Crippen molar-refractivity contribution < 1.29 is 17.9 Å². The van der Waals surface area contributed by atoms with Gasteiger partial charge in [-0.2, -0.15) is 0 Å². The monoisotopic (exact) mass is 374 g/mol. The molecule has 2 aromatic rings. The van der Waals surface area contributed by atoms with E-state index < -0.39 is 10.0 Å². The average molecular weight is 374 g/mol. The van der Waals surface area contributed by atoms with Crippen LogP contribution < -0.4 is 14.4 Å². The van der Waals surface area contributed by atoms with Gasteiger partial charge in [-0.3, -0.25) is 9.52 Å². The van der Waals surface area contributed by atoms with Gasteiger partial charge in [-0.05, 0) is 60.9 Å². The maximum absolute atomic E-state index is 12.6. The predicted octanol–water partition coefficient (Wildman–Crippen LogP) is 3.19. The molecule has 0 saturated carbocycles. The number of rotatable bonds is 6. The molecule has 3 rings (SSSR count). The highest BCUT2D eigenvalue weighted by Crippen LogP contribution is 2.31. The van der Waals surface area contributed by atoms with Crippen LogP contribution in [0.25, 0.3) is 0 Å². The summed E-state index contributed by atoms with van der Waals surface area (Å²) in [5.74, 6) is 0.712. The molecule has 1 N–H and O–H groups in total. The number of carbonyl (C=O) groups is 1. The topological polar surface area (TPSA) is 75.7 Å². The molecule has 6 nitrogen and oxygen atoms in total. The Morgan fingerprint density at radius 2 is 1.85 bits per heavy atom. The van der Waals surface area contributed by atoms with Crippen LogP contribution in [0.2, 0.25) is 0 Å². The van der Waals surface area contributed by atoms with Crippen molar-refractivity contribution in [1.82, 2.24) is 0 Å². The standard InChI is InChI=1S/C19H22N2O4S/c1-3-12-21-18-10-5-15(13-14(18)4-11-19(21)22)20-26(23,24)17-8-6-16(25-2)7-9-17/h5-10,13,20H,3-4,11-12H2,1-2H3. The van der Waals surface area contributed by atoms with Gasteiger partial charge in [0.25, 0.3) is 10.0 Å². The second-order valence-electron chi connectivity index (χ2n) is 6.17. The number of carbonyl (C=O) groups excluding carboxylic acids is 1. The lowest BCUT2D eigenvalue weighted by Gasteiger charge is -2.29. The van der Waals surface area contributed by atoms with Crippen molar-refractivity contribution in [2.45, 2.75) is 31.1 Å². The Balaban J connectivity index is 1.85. The van der Waals surface area contributed by atoms with E-state index in [0.29, 0.717) is 30.8 Å². The van der Waals surface area contributed by atoms with Crippen LogP contribution in [0.1, 0.15) is 25.3 Å². The molecular formula is C19H22N2O4S. The quantitative estimate of drug-likeness (QED) is 0.843. The van der Waals surface area contributed by atoms with Gasteiger partial charge in [0.2, 0.25) is 5.91 Å². The van der Waals surface area contributed by atoms with E-state index in [1.54, 1.807) is 23.1 Å². The number of methoxy groups -OCH3 is 1. The van der Waals surface area contributed by atoms with Gasteiger partial charge < -0.3 is 9.64 Å². The average Bonchev–Trinajstić information content (AvgIpc) is 2.64. The van der Waals surface area contributed by atoms with Crippen molar-refractivity contribution in [2.24, 2.45) is 0 Å². The first-order chi connectivity index (χ1) is 12.4. The van der Waals surface area contributed by atoms with Crippen LogP contribution in [0.3, 0.4) is 0 Å². The number of benzene rings is 2. The van der Waals surface area contributed by atoms with Crippen LogP contribution in [-0.2, 0) is 21.2 Å². The van der Waals surface area contributed by atoms with E-state index >= 15 is 0 Å². The third kappa shape index (κ3) is 3.67. The highest BCUT2D eigenvalue weighted by atomic mass is 32.2. The fourth-order valence-corrected chi connectivity index (χ4v) is 4.11. The normalized spacial score (nSPS) is 14.1. The van der Waals surface area contributed by atoms with Gasteiger partial charge >= 0.3 is 0 Å². The maximum Gasteiger partial charge on any atom is 0.261 e. The zero-order valence-corrected chi connectivity index (χ0v) is 15.7. The van der Waals surface area contributed by atoms with Crippen LogP contribution in [0.4, 0.5) is 11.4 Å². The summed E-state index contributed by atoms with van der Waals surface area (Å²) in [4.78, 5) is 14.0. The summed E-state index contributed by atoms with van der Waals surface area (Å²) in [6.07, 6.45) is 1.94. The molecule has 0 fully saturated rings. The number of fused-ring (bicyclic) bond motifs is 1. The van der Waals surface area contributed by atoms with Gasteiger partial charge in [-0.1, -0.05) is 6.92 Å². The molecular weight excluding hydrogens is 352 g/mol. The molecule has 0 aromatic heterocycles.